The lowest BCUT2D eigenvalue weighted by Gasteiger charge is -2.19. The molecule has 0 bridgehead atoms. The largest absolute Gasteiger partial charge is 0.333 e. The van der Waals surface area contributed by atoms with E-state index in [0.29, 0.717) is 0 Å². The highest BCUT2D eigenvalue weighted by Gasteiger charge is 2.51. The minimum absolute atomic E-state index is 0.0658. The predicted octanol–water partition coefficient (Wildman–Crippen LogP) is 3.39. The van der Waals surface area contributed by atoms with Crippen LogP contribution in [0.15, 0.2) is 22.8 Å². The molecule has 11 heavy (non-hydrogen) atoms. The monoisotopic (exact) mass is 280 g/mol. The van der Waals surface area contributed by atoms with E-state index in [1.807, 2.05) is 0 Å². The van der Waals surface area contributed by atoms with Crippen molar-refractivity contribution in [2.45, 2.75) is 11.8 Å². The van der Waals surface area contributed by atoms with Crippen LogP contribution in [0.5, 0.6) is 0 Å². The Kier molecular flexibility index (Phi) is 3.53. The van der Waals surface area contributed by atoms with Crippen molar-refractivity contribution < 1.29 is 17.6 Å². The lowest BCUT2D eigenvalue weighted by atomic mass is 10.2. The normalized spacial score (nSPS) is 13.9. The van der Waals surface area contributed by atoms with Gasteiger partial charge in [-0.2, -0.15) is 17.6 Å². The van der Waals surface area contributed by atoms with Gasteiger partial charge in [0.1, 0.15) is 0 Å². The van der Waals surface area contributed by atoms with Crippen molar-refractivity contribution in [1.82, 2.24) is 0 Å². The summed E-state index contributed by atoms with van der Waals surface area (Å²) in [5.74, 6) is -8.31. The Bertz CT molecular complexity index is 173. The van der Waals surface area contributed by atoms with Crippen LogP contribution in [0, 0.1) is 0 Å². The third-order valence-corrected chi connectivity index (χ3v) is 1.33. The zero-order valence-electron chi connectivity index (χ0n) is 5.33. The fourth-order valence-electron chi connectivity index (χ4n) is 0.326. The maximum Gasteiger partial charge on any atom is 0.333 e. The maximum absolute atomic E-state index is 12.3. The van der Waals surface area contributed by atoms with Crippen molar-refractivity contribution in [3.63, 3.8) is 0 Å². The molecule has 0 aromatic carbocycles. The van der Waals surface area contributed by atoms with Crippen LogP contribution in [-0.2, 0) is 0 Å². The molecule has 0 aliphatic rings. The van der Waals surface area contributed by atoms with Gasteiger partial charge in [0.2, 0.25) is 0 Å². The van der Waals surface area contributed by atoms with E-state index in [9.17, 15) is 17.6 Å². The molecule has 0 saturated heterocycles. The highest BCUT2D eigenvalue weighted by atomic mass is 127. The van der Waals surface area contributed by atoms with Crippen LogP contribution in [0.1, 0.15) is 0 Å². The summed E-state index contributed by atoms with van der Waals surface area (Å²) in [6.07, 6.45) is 0.0683. The van der Waals surface area contributed by atoms with Crippen LogP contribution in [0.25, 0.3) is 0 Å². The van der Waals surface area contributed by atoms with Crippen LogP contribution in [0.3, 0.4) is 0 Å². The predicted molar refractivity (Wildman–Crippen MR) is 43.3 cm³/mol. The summed E-state index contributed by atoms with van der Waals surface area (Å²) in [7, 11) is 0. The number of halogens is 5. The minimum atomic E-state index is -4.17. The zero-order valence-corrected chi connectivity index (χ0v) is 7.49. The summed E-state index contributed by atoms with van der Waals surface area (Å²) in [4.78, 5) is 0. The van der Waals surface area contributed by atoms with Crippen LogP contribution in [0.4, 0.5) is 17.6 Å². The van der Waals surface area contributed by atoms with Crippen molar-refractivity contribution >= 4 is 22.6 Å². The molecule has 64 valence electrons. The summed E-state index contributed by atoms with van der Waals surface area (Å²) in [5.41, 5.74) is 0. The Labute approximate surface area is 75.1 Å². The highest BCUT2D eigenvalue weighted by Crippen LogP contribution is 2.36. The molecule has 0 unspecified atom stereocenters. The van der Waals surface area contributed by atoms with Gasteiger partial charge >= 0.3 is 11.8 Å². The van der Waals surface area contributed by atoms with E-state index in [4.69, 9.17) is 0 Å². The molecular formula is C6H5F4I. The van der Waals surface area contributed by atoms with Gasteiger partial charge in [-0.05, 0) is 16.2 Å². The van der Waals surface area contributed by atoms with Crippen LogP contribution in [0.2, 0.25) is 0 Å². The van der Waals surface area contributed by atoms with E-state index in [-0.39, 0.29) is 12.2 Å². The molecule has 0 saturated carbocycles. The molecule has 0 nitrogen and oxygen atoms in total. The van der Waals surface area contributed by atoms with Gasteiger partial charge in [-0.25, -0.2) is 0 Å². The third kappa shape index (κ3) is 2.46. The Morgan fingerprint density at radius 1 is 1.09 bits per heavy atom. The van der Waals surface area contributed by atoms with E-state index in [2.05, 4.69) is 6.58 Å². The first kappa shape index (κ1) is 10.9. The molecule has 0 fully saturated rings. The lowest BCUT2D eigenvalue weighted by Crippen LogP contribution is -2.36. The molecule has 0 N–H and O–H groups in total. The van der Waals surface area contributed by atoms with Crippen molar-refractivity contribution in [3.05, 3.63) is 22.8 Å². The number of alkyl halides is 4. The summed E-state index contributed by atoms with van der Waals surface area (Å²) in [6.45, 7) is 2.61. The Morgan fingerprint density at radius 3 is 1.82 bits per heavy atom. The maximum atomic E-state index is 12.3. The fraction of sp³-hybridized carbons (Fsp3) is 0.333. The molecule has 0 aromatic heterocycles. The first-order valence-corrected chi connectivity index (χ1v) is 3.79. The quantitative estimate of drug-likeness (QED) is 0.422. The van der Waals surface area contributed by atoms with Gasteiger partial charge in [0, 0.05) is 0 Å². The van der Waals surface area contributed by atoms with Gasteiger partial charge in [-0.3, -0.25) is 0 Å². The molecule has 5 heteroatoms. The van der Waals surface area contributed by atoms with E-state index in [0.717, 1.165) is 4.08 Å². The van der Waals surface area contributed by atoms with Gasteiger partial charge in [-0.1, -0.05) is 29.2 Å². The van der Waals surface area contributed by atoms with E-state index in [1.165, 1.54) is 22.6 Å². The number of hydrogen-bond acceptors (Lipinski definition) is 0. The van der Waals surface area contributed by atoms with Gasteiger partial charge in [0.05, 0.1) is 0 Å². The molecule has 0 aliphatic heterocycles. The molecule has 0 heterocycles. The average molecular weight is 280 g/mol. The summed E-state index contributed by atoms with van der Waals surface area (Å²) in [6, 6.07) is 0. The van der Waals surface area contributed by atoms with E-state index < -0.39 is 11.8 Å². The topological polar surface area (TPSA) is 0 Å². The molecule has 0 amide bonds. The Hall–Kier alpha value is -0.0700. The van der Waals surface area contributed by atoms with Gasteiger partial charge in [-0.15, -0.1) is 0 Å². The Balaban J connectivity index is 4.66. The Morgan fingerprint density at radius 2 is 1.55 bits per heavy atom. The smallest absolute Gasteiger partial charge is 0.195 e. The third-order valence-electron chi connectivity index (χ3n) is 0.973. The molecule has 0 atom stereocenters. The fourth-order valence-corrected chi connectivity index (χ4v) is 0.778. The van der Waals surface area contributed by atoms with Crippen molar-refractivity contribution in [1.29, 1.82) is 0 Å². The standard InChI is InChI=1S/C6H5F4I/c1-2-5(7,8)6(9,10)3-4-11/h2-4H,1H2. The second kappa shape index (κ2) is 3.55. The van der Waals surface area contributed by atoms with Crippen LogP contribution < -0.4 is 0 Å². The van der Waals surface area contributed by atoms with Crippen LogP contribution in [-0.4, -0.2) is 11.8 Å². The number of allylic oxidation sites excluding steroid dienone is 2. The van der Waals surface area contributed by atoms with E-state index >= 15 is 0 Å². The minimum Gasteiger partial charge on any atom is -0.195 e. The van der Waals surface area contributed by atoms with Gasteiger partial charge in [0.25, 0.3) is 0 Å². The summed E-state index contributed by atoms with van der Waals surface area (Å²) >= 11 is 1.44. The van der Waals surface area contributed by atoms with Gasteiger partial charge < -0.3 is 0 Å². The average Bonchev–Trinajstić information content (AvgIpc) is 1.87. The lowest BCUT2D eigenvalue weighted by molar-refractivity contribution is -0.146. The van der Waals surface area contributed by atoms with E-state index in [1.54, 1.807) is 0 Å². The second-order valence-corrected chi connectivity index (χ2v) is 2.46. The highest BCUT2D eigenvalue weighted by molar-refractivity contribution is 14.1. The first-order chi connectivity index (χ1) is 4.87. The first-order valence-electron chi connectivity index (χ1n) is 2.54. The molecule has 0 aliphatic carbocycles. The number of hydrogen-bond donors (Lipinski definition) is 0. The molecule has 0 spiro atoms. The summed E-state index contributed by atoms with van der Waals surface area (Å²) in [5, 5.41) is 0. The van der Waals surface area contributed by atoms with Crippen molar-refractivity contribution in [3.8, 4) is 0 Å². The van der Waals surface area contributed by atoms with Crippen molar-refractivity contribution in [2.24, 2.45) is 0 Å². The molecule has 0 aromatic rings. The van der Waals surface area contributed by atoms with Gasteiger partial charge in [0.15, 0.2) is 0 Å². The summed E-state index contributed by atoms with van der Waals surface area (Å²) < 4.78 is 49.8. The SMILES string of the molecule is C=CC(F)(F)C(F)(F)C=CI. The molecule has 0 radical (unpaired) electrons. The molecule has 0 rings (SSSR count). The number of rotatable bonds is 3. The molecular weight excluding hydrogens is 275 g/mol. The zero-order chi connectivity index (χ0) is 9.12. The van der Waals surface area contributed by atoms with Crippen molar-refractivity contribution in [2.75, 3.05) is 0 Å². The van der Waals surface area contributed by atoms with Crippen LogP contribution >= 0.6 is 22.6 Å². The second-order valence-electron chi connectivity index (χ2n) is 1.74.